The van der Waals surface area contributed by atoms with Crippen LogP contribution >= 0.6 is 11.8 Å². The Labute approximate surface area is 170 Å². The molecular weight excluding hydrogens is 388 g/mol. The highest BCUT2D eigenvalue weighted by atomic mass is 32.2. The molecule has 2 aromatic heterocycles. The summed E-state index contributed by atoms with van der Waals surface area (Å²) in [5.74, 6) is -0.0332. The Morgan fingerprint density at radius 2 is 1.97 bits per heavy atom. The van der Waals surface area contributed by atoms with Crippen LogP contribution in [0.15, 0.2) is 58.5 Å². The molecule has 0 aliphatic rings. The highest BCUT2D eigenvalue weighted by Gasteiger charge is 2.11. The largest absolute Gasteiger partial charge is 0.493 e. The van der Waals surface area contributed by atoms with Gasteiger partial charge in [0.15, 0.2) is 5.16 Å². The fourth-order valence-corrected chi connectivity index (χ4v) is 4.24. The van der Waals surface area contributed by atoms with E-state index in [1.54, 1.807) is 0 Å². The molecule has 4 aromatic rings. The Morgan fingerprint density at radius 3 is 2.76 bits per heavy atom. The Bertz CT molecular complexity index is 1260. The van der Waals surface area contributed by atoms with Crippen LogP contribution in [0.5, 0.6) is 5.88 Å². The molecule has 0 atom stereocenters. The topological polar surface area (TPSA) is 100 Å². The zero-order valence-corrected chi connectivity index (χ0v) is 16.6. The molecular formula is C21H20N4O3S. The number of carbonyl (C=O) groups excluding carboxylic acids is 1. The maximum atomic E-state index is 12.3. The van der Waals surface area contributed by atoms with Gasteiger partial charge in [-0.3, -0.25) is 9.59 Å². The molecule has 2 heterocycles. The number of H-pyrrole nitrogens is 1. The lowest BCUT2D eigenvalue weighted by Gasteiger charge is -2.07. The normalized spacial score (nSPS) is 11.2. The predicted octanol–water partition coefficient (Wildman–Crippen LogP) is 3.72. The molecule has 0 saturated heterocycles. The summed E-state index contributed by atoms with van der Waals surface area (Å²) in [6, 6.07) is 15.2. The van der Waals surface area contributed by atoms with Crippen molar-refractivity contribution < 1.29 is 9.90 Å². The summed E-state index contributed by atoms with van der Waals surface area (Å²) in [6.07, 6.45) is 0.249. The number of hydrogen-bond acceptors (Lipinski definition) is 5. The molecule has 8 heteroatoms. The van der Waals surface area contributed by atoms with Gasteiger partial charge in [-0.25, -0.2) is 0 Å². The molecule has 0 aliphatic carbocycles. The van der Waals surface area contributed by atoms with E-state index in [-0.39, 0.29) is 23.4 Å². The van der Waals surface area contributed by atoms with E-state index in [9.17, 15) is 14.7 Å². The van der Waals surface area contributed by atoms with Gasteiger partial charge in [-0.2, -0.15) is 4.98 Å². The highest BCUT2D eigenvalue weighted by molar-refractivity contribution is 7.99. The van der Waals surface area contributed by atoms with Crippen LogP contribution in [-0.4, -0.2) is 31.3 Å². The van der Waals surface area contributed by atoms with E-state index in [1.807, 2.05) is 30.3 Å². The minimum absolute atomic E-state index is 0.126. The van der Waals surface area contributed by atoms with Gasteiger partial charge in [0, 0.05) is 46.2 Å². The first-order valence-corrected chi connectivity index (χ1v) is 10.3. The van der Waals surface area contributed by atoms with E-state index in [0.29, 0.717) is 5.75 Å². The number of aromatic hydroxyl groups is 1. The van der Waals surface area contributed by atoms with Gasteiger partial charge < -0.3 is 20.0 Å². The number of aromatic nitrogens is 3. The number of aromatic amines is 1. The summed E-state index contributed by atoms with van der Waals surface area (Å²) in [4.78, 5) is 30.0. The van der Waals surface area contributed by atoms with Crippen LogP contribution in [0, 0.1) is 0 Å². The van der Waals surface area contributed by atoms with E-state index in [4.69, 9.17) is 0 Å². The Hall–Kier alpha value is -3.26. The monoisotopic (exact) mass is 408 g/mol. The standard InChI is InChI=1S/C21H20N4O3S/c1-2-25-16-6-4-3-5-14(16)15-11-13(7-8-17(15)25)22-18(26)9-10-29-21-23-19(27)12-20(28)24-21/h3-8,11-12H,2,9-10H2,1H3,(H,22,26)(H2,23,24,27,28). The first kappa shape index (κ1) is 19.1. The summed E-state index contributed by atoms with van der Waals surface area (Å²) < 4.78 is 2.26. The molecule has 0 fully saturated rings. The molecule has 3 N–H and O–H groups in total. The smallest absolute Gasteiger partial charge is 0.255 e. The number of nitrogens with one attached hydrogen (secondary N) is 2. The molecule has 7 nitrogen and oxygen atoms in total. The van der Waals surface area contributed by atoms with Gasteiger partial charge in [0.1, 0.15) is 0 Å². The van der Waals surface area contributed by atoms with E-state index < -0.39 is 5.56 Å². The number of aryl methyl sites for hydroxylation is 1. The second-order valence-corrected chi connectivity index (χ2v) is 7.63. The van der Waals surface area contributed by atoms with Crippen molar-refractivity contribution in [3.63, 3.8) is 0 Å². The maximum absolute atomic E-state index is 12.3. The number of carbonyl (C=O) groups is 1. The number of fused-ring (bicyclic) bond motifs is 3. The number of thioether (sulfide) groups is 1. The third-order valence-corrected chi connectivity index (χ3v) is 5.52. The highest BCUT2D eigenvalue weighted by Crippen LogP contribution is 2.31. The van der Waals surface area contributed by atoms with Crippen LogP contribution in [0.3, 0.4) is 0 Å². The van der Waals surface area contributed by atoms with Crippen LogP contribution < -0.4 is 10.9 Å². The molecule has 2 aromatic carbocycles. The first-order valence-electron chi connectivity index (χ1n) is 9.29. The SMILES string of the molecule is CCn1c2ccccc2c2cc(NC(=O)CCSc3nc(O)cc(=O)[nH]3)ccc21. The van der Waals surface area contributed by atoms with Gasteiger partial charge in [0.05, 0.1) is 6.07 Å². The van der Waals surface area contributed by atoms with Gasteiger partial charge >= 0.3 is 0 Å². The van der Waals surface area contributed by atoms with Gasteiger partial charge in [0.2, 0.25) is 11.8 Å². The minimum atomic E-state index is -0.427. The van der Waals surface area contributed by atoms with Crippen LogP contribution in [0.25, 0.3) is 21.8 Å². The summed E-state index contributed by atoms with van der Waals surface area (Å²) >= 11 is 1.21. The van der Waals surface area contributed by atoms with Gasteiger partial charge in [-0.15, -0.1) is 0 Å². The van der Waals surface area contributed by atoms with Crippen molar-refractivity contribution >= 4 is 45.2 Å². The third-order valence-electron chi connectivity index (χ3n) is 4.65. The molecule has 148 valence electrons. The van der Waals surface area contributed by atoms with E-state index >= 15 is 0 Å². The number of hydrogen-bond donors (Lipinski definition) is 3. The van der Waals surface area contributed by atoms with Crippen molar-refractivity contribution in [2.75, 3.05) is 11.1 Å². The number of para-hydroxylation sites is 1. The van der Waals surface area contributed by atoms with Gasteiger partial charge in [-0.05, 0) is 31.2 Å². The molecule has 4 rings (SSSR count). The number of amides is 1. The fourth-order valence-electron chi connectivity index (χ4n) is 3.43. The molecule has 29 heavy (non-hydrogen) atoms. The quantitative estimate of drug-likeness (QED) is 0.333. The zero-order chi connectivity index (χ0) is 20.4. The average molecular weight is 408 g/mol. The second kappa shape index (κ2) is 8.00. The van der Waals surface area contributed by atoms with Crippen molar-refractivity contribution in [3.05, 3.63) is 58.9 Å². The van der Waals surface area contributed by atoms with Crippen LogP contribution in [0.4, 0.5) is 5.69 Å². The van der Waals surface area contributed by atoms with Crippen molar-refractivity contribution in [2.45, 2.75) is 25.0 Å². The Morgan fingerprint density at radius 1 is 1.17 bits per heavy atom. The van der Waals surface area contributed by atoms with Gasteiger partial charge in [-0.1, -0.05) is 30.0 Å². The Kier molecular flexibility index (Phi) is 5.26. The maximum Gasteiger partial charge on any atom is 0.255 e. The van der Waals surface area contributed by atoms with E-state index in [1.165, 1.54) is 17.3 Å². The summed E-state index contributed by atoms with van der Waals surface area (Å²) in [5, 5.41) is 14.8. The minimum Gasteiger partial charge on any atom is -0.493 e. The van der Waals surface area contributed by atoms with Gasteiger partial charge in [0.25, 0.3) is 5.56 Å². The first-order chi connectivity index (χ1) is 14.0. The van der Waals surface area contributed by atoms with Crippen molar-refractivity contribution in [1.82, 2.24) is 14.5 Å². The van der Waals surface area contributed by atoms with Crippen molar-refractivity contribution in [2.24, 2.45) is 0 Å². The van der Waals surface area contributed by atoms with E-state index in [2.05, 4.69) is 38.9 Å². The van der Waals surface area contributed by atoms with Crippen LogP contribution in [0.1, 0.15) is 13.3 Å². The lowest BCUT2D eigenvalue weighted by atomic mass is 10.1. The van der Waals surface area contributed by atoms with Crippen molar-refractivity contribution in [1.29, 1.82) is 0 Å². The number of nitrogens with zero attached hydrogens (tertiary/aromatic N) is 2. The number of benzene rings is 2. The van der Waals surface area contributed by atoms with Crippen molar-refractivity contribution in [3.8, 4) is 5.88 Å². The lowest BCUT2D eigenvalue weighted by Crippen LogP contribution is -2.12. The summed E-state index contributed by atoms with van der Waals surface area (Å²) in [6.45, 7) is 2.99. The second-order valence-electron chi connectivity index (χ2n) is 6.55. The predicted molar refractivity (Wildman–Crippen MR) is 116 cm³/mol. The zero-order valence-electron chi connectivity index (χ0n) is 15.8. The molecule has 0 unspecified atom stereocenters. The summed E-state index contributed by atoms with van der Waals surface area (Å²) in [7, 11) is 0. The number of anilines is 1. The molecule has 0 bridgehead atoms. The number of rotatable bonds is 6. The third kappa shape index (κ3) is 3.97. The summed E-state index contributed by atoms with van der Waals surface area (Å²) in [5.41, 5.74) is 2.64. The van der Waals surface area contributed by atoms with Crippen LogP contribution in [0.2, 0.25) is 0 Å². The fraction of sp³-hybridized carbons (Fsp3) is 0.190. The molecule has 0 saturated carbocycles. The molecule has 0 spiro atoms. The molecule has 0 radical (unpaired) electrons. The lowest BCUT2D eigenvalue weighted by molar-refractivity contribution is -0.115. The molecule has 0 aliphatic heterocycles. The van der Waals surface area contributed by atoms with Crippen LogP contribution in [-0.2, 0) is 11.3 Å². The Balaban J connectivity index is 1.47. The molecule has 1 amide bonds. The average Bonchev–Trinajstić information content (AvgIpc) is 3.00. The van der Waals surface area contributed by atoms with E-state index in [0.717, 1.165) is 34.6 Å².